The molecule has 9 heteroatoms. The second-order valence-electron chi connectivity index (χ2n) is 8.92. The van der Waals surface area contributed by atoms with E-state index < -0.39 is 15.9 Å². The lowest BCUT2D eigenvalue weighted by Crippen LogP contribution is -2.42. The molecule has 0 radical (unpaired) electrons. The molecule has 37 heavy (non-hydrogen) atoms. The summed E-state index contributed by atoms with van der Waals surface area (Å²) in [5.74, 6) is 1.24. The summed E-state index contributed by atoms with van der Waals surface area (Å²) < 4.78 is 40.0. The van der Waals surface area contributed by atoms with Crippen molar-refractivity contribution in [2.45, 2.75) is 38.1 Å². The van der Waals surface area contributed by atoms with Gasteiger partial charge in [0.05, 0.1) is 30.3 Å². The first-order chi connectivity index (χ1) is 17.6. The van der Waals surface area contributed by atoms with Gasteiger partial charge in [0.25, 0.3) is 10.0 Å². The standard InChI is InChI=1S/C28H33BrN2O5S/c1-5-36-25-14-10-23(11-15-25)31(37(33,34)26-16-8-22(29)9-17-26)19-28(32)30-27(18-20(2)3)21-6-12-24(35-4)13-7-21/h6-17,20,27H,5,18-19H2,1-4H3,(H,30,32)/t27-/m1/s1. The van der Waals surface area contributed by atoms with Gasteiger partial charge >= 0.3 is 0 Å². The Morgan fingerprint density at radius 3 is 2.08 bits per heavy atom. The van der Waals surface area contributed by atoms with Crippen molar-refractivity contribution in [2.75, 3.05) is 24.6 Å². The number of nitrogens with one attached hydrogen (secondary N) is 1. The molecule has 0 fully saturated rings. The zero-order chi connectivity index (χ0) is 27.0. The molecule has 7 nitrogen and oxygen atoms in total. The summed E-state index contributed by atoms with van der Waals surface area (Å²) in [4.78, 5) is 13.4. The zero-order valence-corrected chi connectivity index (χ0v) is 23.9. The van der Waals surface area contributed by atoms with Gasteiger partial charge in [0.1, 0.15) is 18.0 Å². The van der Waals surface area contributed by atoms with Crippen molar-refractivity contribution >= 4 is 37.5 Å². The Morgan fingerprint density at radius 1 is 0.946 bits per heavy atom. The summed E-state index contributed by atoms with van der Waals surface area (Å²) in [6.07, 6.45) is 0.695. The average Bonchev–Trinajstić information content (AvgIpc) is 2.87. The first-order valence-electron chi connectivity index (χ1n) is 12.1. The molecular formula is C28H33BrN2O5S. The molecule has 0 aliphatic carbocycles. The number of methoxy groups -OCH3 is 1. The van der Waals surface area contributed by atoms with E-state index in [4.69, 9.17) is 9.47 Å². The third-order valence-electron chi connectivity index (χ3n) is 5.69. The molecule has 3 rings (SSSR count). The molecule has 0 saturated carbocycles. The van der Waals surface area contributed by atoms with Crippen LogP contribution in [0.5, 0.6) is 11.5 Å². The number of halogens is 1. The van der Waals surface area contributed by atoms with Crippen molar-refractivity contribution in [2.24, 2.45) is 5.92 Å². The third-order valence-corrected chi connectivity index (χ3v) is 8.00. The first-order valence-corrected chi connectivity index (χ1v) is 14.3. The minimum absolute atomic E-state index is 0.0891. The number of amides is 1. The van der Waals surface area contributed by atoms with Crippen molar-refractivity contribution in [3.63, 3.8) is 0 Å². The van der Waals surface area contributed by atoms with Gasteiger partial charge in [-0.15, -0.1) is 0 Å². The number of carbonyl (C=O) groups excluding carboxylic acids is 1. The van der Waals surface area contributed by atoms with Gasteiger partial charge in [0.2, 0.25) is 5.91 Å². The van der Waals surface area contributed by atoms with E-state index in [2.05, 4.69) is 35.1 Å². The lowest BCUT2D eigenvalue weighted by molar-refractivity contribution is -0.120. The lowest BCUT2D eigenvalue weighted by Gasteiger charge is -2.27. The van der Waals surface area contributed by atoms with Crippen LogP contribution >= 0.6 is 15.9 Å². The van der Waals surface area contributed by atoms with E-state index in [0.29, 0.717) is 30.4 Å². The maximum atomic E-state index is 13.7. The highest BCUT2D eigenvalue weighted by molar-refractivity contribution is 9.10. The molecule has 0 spiro atoms. The van der Waals surface area contributed by atoms with Gasteiger partial charge in [-0.05, 0) is 85.5 Å². The van der Waals surface area contributed by atoms with Gasteiger partial charge in [-0.1, -0.05) is 41.9 Å². The zero-order valence-electron chi connectivity index (χ0n) is 21.5. The van der Waals surface area contributed by atoms with Crippen LogP contribution in [-0.4, -0.2) is 34.6 Å². The molecule has 1 N–H and O–H groups in total. The summed E-state index contributed by atoms with van der Waals surface area (Å²) in [6.45, 7) is 6.14. The average molecular weight is 590 g/mol. The highest BCUT2D eigenvalue weighted by atomic mass is 79.9. The number of rotatable bonds is 12. The Labute approximate surface area is 228 Å². The molecule has 1 amide bonds. The normalized spacial score (nSPS) is 12.2. The Bertz CT molecular complexity index is 1260. The Kier molecular flexibility index (Phi) is 10.00. The van der Waals surface area contributed by atoms with Crippen LogP contribution < -0.4 is 19.1 Å². The molecule has 0 aromatic heterocycles. The van der Waals surface area contributed by atoms with Gasteiger partial charge < -0.3 is 14.8 Å². The molecule has 0 heterocycles. The second kappa shape index (κ2) is 13.0. The number of hydrogen-bond donors (Lipinski definition) is 1. The molecule has 198 valence electrons. The van der Waals surface area contributed by atoms with E-state index >= 15 is 0 Å². The summed E-state index contributed by atoms with van der Waals surface area (Å²) >= 11 is 3.34. The predicted octanol–water partition coefficient (Wildman–Crippen LogP) is 5.96. The van der Waals surface area contributed by atoms with Crippen molar-refractivity contribution in [3.8, 4) is 11.5 Å². The van der Waals surface area contributed by atoms with Crippen molar-refractivity contribution in [1.82, 2.24) is 5.32 Å². The maximum absolute atomic E-state index is 13.7. The molecule has 3 aromatic carbocycles. The maximum Gasteiger partial charge on any atom is 0.264 e. The van der Waals surface area contributed by atoms with Gasteiger partial charge in [0.15, 0.2) is 0 Å². The highest BCUT2D eigenvalue weighted by Crippen LogP contribution is 2.28. The number of hydrogen-bond acceptors (Lipinski definition) is 5. The first kappa shape index (κ1) is 28.5. The van der Waals surface area contributed by atoms with E-state index in [0.717, 1.165) is 20.1 Å². The molecule has 0 saturated heterocycles. The summed E-state index contributed by atoms with van der Waals surface area (Å²) in [5.41, 5.74) is 1.29. The number of carbonyl (C=O) groups is 1. The third kappa shape index (κ3) is 7.72. The van der Waals surface area contributed by atoms with Crippen LogP contribution in [0.4, 0.5) is 5.69 Å². The van der Waals surface area contributed by atoms with Gasteiger partial charge in [-0.3, -0.25) is 9.10 Å². The fourth-order valence-corrected chi connectivity index (χ4v) is 5.57. The van der Waals surface area contributed by atoms with Crippen LogP contribution in [-0.2, 0) is 14.8 Å². The summed E-state index contributed by atoms with van der Waals surface area (Å²) in [7, 11) is -2.43. The fourth-order valence-electron chi connectivity index (χ4n) is 3.88. The van der Waals surface area contributed by atoms with Crippen LogP contribution in [0.15, 0.2) is 82.2 Å². The highest BCUT2D eigenvalue weighted by Gasteiger charge is 2.28. The monoisotopic (exact) mass is 588 g/mol. The summed E-state index contributed by atoms with van der Waals surface area (Å²) in [6, 6.07) is 20.2. The Morgan fingerprint density at radius 2 is 1.54 bits per heavy atom. The molecule has 0 aliphatic rings. The van der Waals surface area contributed by atoms with Gasteiger partial charge in [-0.2, -0.15) is 0 Å². The van der Waals surface area contributed by atoms with E-state index in [1.165, 1.54) is 12.1 Å². The molecule has 1 atom stereocenters. The van der Waals surface area contributed by atoms with Crippen LogP contribution in [0.2, 0.25) is 0 Å². The van der Waals surface area contributed by atoms with Gasteiger partial charge in [-0.25, -0.2) is 8.42 Å². The molecular weight excluding hydrogens is 556 g/mol. The molecule has 3 aromatic rings. The number of sulfonamides is 1. The fraction of sp³-hybridized carbons (Fsp3) is 0.321. The number of nitrogens with zero attached hydrogens (tertiary/aromatic N) is 1. The Balaban J connectivity index is 1.92. The van der Waals surface area contributed by atoms with Crippen LogP contribution in [0.3, 0.4) is 0 Å². The van der Waals surface area contributed by atoms with E-state index in [1.54, 1.807) is 43.5 Å². The van der Waals surface area contributed by atoms with Gasteiger partial charge in [0, 0.05) is 4.47 Å². The minimum Gasteiger partial charge on any atom is -0.497 e. The van der Waals surface area contributed by atoms with Crippen molar-refractivity contribution < 1.29 is 22.7 Å². The van der Waals surface area contributed by atoms with E-state index in [1.807, 2.05) is 31.2 Å². The van der Waals surface area contributed by atoms with Crippen molar-refractivity contribution in [3.05, 3.63) is 82.8 Å². The Hall–Kier alpha value is -3.04. The minimum atomic E-state index is -4.03. The molecule has 0 aliphatic heterocycles. The summed E-state index contributed by atoms with van der Waals surface area (Å²) in [5, 5.41) is 3.05. The predicted molar refractivity (Wildman–Crippen MR) is 150 cm³/mol. The smallest absolute Gasteiger partial charge is 0.264 e. The molecule has 0 unspecified atom stereocenters. The molecule has 0 bridgehead atoms. The van der Waals surface area contributed by atoms with Crippen LogP contribution in [0.1, 0.15) is 38.8 Å². The largest absolute Gasteiger partial charge is 0.497 e. The van der Waals surface area contributed by atoms with E-state index in [9.17, 15) is 13.2 Å². The topological polar surface area (TPSA) is 84.9 Å². The van der Waals surface area contributed by atoms with Crippen LogP contribution in [0.25, 0.3) is 0 Å². The van der Waals surface area contributed by atoms with Crippen molar-refractivity contribution in [1.29, 1.82) is 0 Å². The number of anilines is 1. The quantitative estimate of drug-likeness (QED) is 0.282. The lowest BCUT2D eigenvalue weighted by atomic mass is 9.97. The van der Waals surface area contributed by atoms with Crippen LogP contribution in [0, 0.1) is 5.92 Å². The SMILES string of the molecule is CCOc1ccc(N(CC(=O)N[C@H](CC(C)C)c2ccc(OC)cc2)S(=O)(=O)c2ccc(Br)cc2)cc1. The van der Waals surface area contributed by atoms with E-state index in [-0.39, 0.29) is 17.5 Å². The number of benzene rings is 3. The second-order valence-corrected chi connectivity index (χ2v) is 11.7. The number of ether oxygens (including phenoxy) is 2.